The topological polar surface area (TPSA) is 80.7 Å². The van der Waals surface area contributed by atoms with E-state index in [4.69, 9.17) is 4.55 Å². The van der Waals surface area contributed by atoms with Gasteiger partial charge < -0.3 is 4.74 Å². The van der Waals surface area contributed by atoms with Crippen molar-refractivity contribution in [1.29, 1.82) is 0 Å². The van der Waals surface area contributed by atoms with Gasteiger partial charge in [0.05, 0.1) is 0 Å². The third kappa shape index (κ3) is 15.3. The van der Waals surface area contributed by atoms with Crippen molar-refractivity contribution in [2.75, 3.05) is 5.94 Å². The first-order chi connectivity index (χ1) is 8.95. The van der Waals surface area contributed by atoms with E-state index < -0.39 is 22.0 Å². The van der Waals surface area contributed by atoms with Crippen molar-refractivity contribution in [2.45, 2.75) is 71.1 Å². The van der Waals surface area contributed by atoms with Crippen molar-refractivity contribution in [1.82, 2.24) is 0 Å². The second kappa shape index (κ2) is 11.2. The highest BCUT2D eigenvalue weighted by molar-refractivity contribution is 7.85. The molecule has 0 fully saturated rings. The standard InChI is InChI=1S/C13H26O5S/c1-2-3-4-5-6-7-8-9-10-11-13(14)18-12-19(15,16)17/h2-12H2,1H3,(H,15,16,17). The van der Waals surface area contributed by atoms with E-state index >= 15 is 0 Å². The highest BCUT2D eigenvalue weighted by atomic mass is 32.2. The first-order valence-electron chi connectivity index (χ1n) is 7.06. The lowest BCUT2D eigenvalue weighted by Gasteiger charge is -2.03. The van der Waals surface area contributed by atoms with E-state index in [0.29, 0.717) is 6.42 Å². The molecular weight excluding hydrogens is 268 g/mol. The highest BCUT2D eigenvalue weighted by Gasteiger charge is 2.09. The van der Waals surface area contributed by atoms with E-state index in [1.165, 1.54) is 38.5 Å². The third-order valence-electron chi connectivity index (χ3n) is 2.85. The van der Waals surface area contributed by atoms with Gasteiger partial charge in [0.2, 0.25) is 5.94 Å². The van der Waals surface area contributed by atoms with Gasteiger partial charge in [-0.1, -0.05) is 58.3 Å². The number of hydrogen-bond acceptors (Lipinski definition) is 4. The van der Waals surface area contributed by atoms with Crippen molar-refractivity contribution >= 4 is 16.1 Å². The van der Waals surface area contributed by atoms with E-state index in [-0.39, 0.29) is 6.42 Å². The van der Waals surface area contributed by atoms with E-state index in [1.54, 1.807) is 0 Å². The number of rotatable bonds is 12. The van der Waals surface area contributed by atoms with Gasteiger partial charge >= 0.3 is 16.1 Å². The minimum atomic E-state index is -4.21. The lowest BCUT2D eigenvalue weighted by molar-refractivity contribution is -0.141. The summed E-state index contributed by atoms with van der Waals surface area (Å²) in [6.07, 6.45) is 10.5. The number of unbranched alkanes of at least 4 members (excludes halogenated alkanes) is 8. The Kier molecular flexibility index (Phi) is 10.9. The molecule has 0 aliphatic heterocycles. The van der Waals surface area contributed by atoms with E-state index in [2.05, 4.69) is 11.7 Å². The Labute approximate surface area is 116 Å². The Morgan fingerprint density at radius 3 is 1.89 bits per heavy atom. The average Bonchev–Trinajstić information content (AvgIpc) is 2.33. The second-order valence-corrected chi connectivity index (χ2v) is 6.19. The monoisotopic (exact) mass is 294 g/mol. The fourth-order valence-electron chi connectivity index (χ4n) is 1.79. The van der Waals surface area contributed by atoms with Crippen LogP contribution in [0.4, 0.5) is 0 Å². The molecule has 0 spiro atoms. The minimum absolute atomic E-state index is 0.214. The molecule has 0 amide bonds. The van der Waals surface area contributed by atoms with Crippen molar-refractivity contribution in [3.05, 3.63) is 0 Å². The molecule has 0 aliphatic rings. The smallest absolute Gasteiger partial charge is 0.306 e. The molecular formula is C13H26O5S. The van der Waals surface area contributed by atoms with Crippen LogP contribution in [0.25, 0.3) is 0 Å². The molecule has 114 valence electrons. The molecule has 0 bridgehead atoms. The van der Waals surface area contributed by atoms with Crippen LogP contribution in [-0.2, 0) is 19.6 Å². The van der Waals surface area contributed by atoms with Gasteiger partial charge in [0.1, 0.15) is 0 Å². The first-order valence-corrected chi connectivity index (χ1v) is 8.67. The number of carbonyl (C=O) groups is 1. The minimum Gasteiger partial charge on any atom is -0.447 e. The summed E-state index contributed by atoms with van der Waals surface area (Å²) < 4.78 is 33.5. The van der Waals surface area contributed by atoms with Crippen molar-refractivity contribution in [2.24, 2.45) is 0 Å². The molecule has 6 heteroatoms. The van der Waals surface area contributed by atoms with Gasteiger partial charge in [-0.2, -0.15) is 8.42 Å². The summed E-state index contributed by atoms with van der Waals surface area (Å²) in [5.41, 5.74) is 0. The second-order valence-electron chi connectivity index (χ2n) is 4.79. The Hall–Kier alpha value is -0.620. The van der Waals surface area contributed by atoms with Gasteiger partial charge in [0.25, 0.3) is 0 Å². The van der Waals surface area contributed by atoms with Crippen molar-refractivity contribution in [3.8, 4) is 0 Å². The maximum atomic E-state index is 11.1. The molecule has 19 heavy (non-hydrogen) atoms. The molecule has 0 aliphatic carbocycles. The van der Waals surface area contributed by atoms with Gasteiger partial charge in [-0.25, -0.2) is 0 Å². The largest absolute Gasteiger partial charge is 0.447 e. The summed E-state index contributed by atoms with van der Waals surface area (Å²) in [4.78, 5) is 11.1. The quantitative estimate of drug-likeness (QED) is 0.339. The lowest BCUT2D eigenvalue weighted by atomic mass is 10.1. The van der Waals surface area contributed by atoms with Crippen LogP contribution in [0.1, 0.15) is 71.1 Å². The Balaban J connectivity index is 3.28. The highest BCUT2D eigenvalue weighted by Crippen LogP contribution is 2.10. The predicted octanol–water partition coefficient (Wildman–Crippen LogP) is 3.30. The third-order valence-corrected chi connectivity index (χ3v) is 3.27. The molecule has 0 aromatic heterocycles. The van der Waals surface area contributed by atoms with Crippen LogP contribution in [0.3, 0.4) is 0 Å². The number of ether oxygens (including phenoxy) is 1. The van der Waals surface area contributed by atoms with Crippen LogP contribution in [0.5, 0.6) is 0 Å². The number of carbonyl (C=O) groups excluding carboxylic acids is 1. The molecule has 0 rings (SSSR count). The summed E-state index contributed by atoms with van der Waals surface area (Å²) >= 11 is 0. The van der Waals surface area contributed by atoms with Crippen LogP contribution in [0.15, 0.2) is 0 Å². The van der Waals surface area contributed by atoms with Crippen molar-refractivity contribution < 1.29 is 22.5 Å². The van der Waals surface area contributed by atoms with E-state index in [0.717, 1.165) is 12.8 Å². The van der Waals surface area contributed by atoms with Crippen LogP contribution >= 0.6 is 0 Å². The summed E-state index contributed by atoms with van der Waals surface area (Å²) in [5, 5.41) is 0. The van der Waals surface area contributed by atoms with Crippen LogP contribution in [0, 0.1) is 0 Å². The fraction of sp³-hybridized carbons (Fsp3) is 0.923. The molecule has 0 radical (unpaired) electrons. The molecule has 0 heterocycles. The zero-order valence-corrected chi connectivity index (χ0v) is 12.6. The normalized spacial score (nSPS) is 11.5. The maximum absolute atomic E-state index is 11.1. The molecule has 0 atom stereocenters. The SMILES string of the molecule is CCCCCCCCCCCC(=O)OCS(=O)(=O)O. The van der Waals surface area contributed by atoms with Gasteiger partial charge in [-0.3, -0.25) is 9.35 Å². The molecule has 0 aromatic carbocycles. The summed E-state index contributed by atoms with van der Waals surface area (Å²) in [6.45, 7) is 2.20. The number of esters is 1. The molecule has 0 aromatic rings. The van der Waals surface area contributed by atoms with Crippen LogP contribution < -0.4 is 0 Å². The zero-order chi connectivity index (χ0) is 14.6. The van der Waals surface area contributed by atoms with Gasteiger partial charge in [-0.15, -0.1) is 0 Å². The van der Waals surface area contributed by atoms with Crippen molar-refractivity contribution in [3.63, 3.8) is 0 Å². The average molecular weight is 294 g/mol. The Bertz CT molecular complexity index is 324. The fourth-order valence-corrected chi connectivity index (χ4v) is 2.07. The molecule has 0 unspecified atom stereocenters. The molecule has 5 nitrogen and oxygen atoms in total. The van der Waals surface area contributed by atoms with Gasteiger partial charge in [0, 0.05) is 6.42 Å². The van der Waals surface area contributed by atoms with Gasteiger partial charge in [-0.05, 0) is 6.42 Å². The molecule has 1 N–H and O–H groups in total. The summed E-state index contributed by atoms with van der Waals surface area (Å²) in [5.74, 6) is -1.51. The van der Waals surface area contributed by atoms with E-state index in [1.807, 2.05) is 0 Å². The predicted molar refractivity (Wildman–Crippen MR) is 74.4 cm³/mol. The molecule has 0 saturated carbocycles. The maximum Gasteiger partial charge on any atom is 0.306 e. The Morgan fingerprint density at radius 1 is 0.947 bits per heavy atom. The Morgan fingerprint density at radius 2 is 1.42 bits per heavy atom. The van der Waals surface area contributed by atoms with Gasteiger partial charge in [0.15, 0.2) is 0 Å². The summed E-state index contributed by atoms with van der Waals surface area (Å²) in [7, 11) is -4.21. The molecule has 0 saturated heterocycles. The number of hydrogen-bond donors (Lipinski definition) is 1. The summed E-state index contributed by atoms with van der Waals surface area (Å²) in [6, 6.07) is 0. The van der Waals surface area contributed by atoms with Crippen LogP contribution in [-0.4, -0.2) is 24.9 Å². The van der Waals surface area contributed by atoms with Crippen LogP contribution in [0.2, 0.25) is 0 Å². The van der Waals surface area contributed by atoms with E-state index in [9.17, 15) is 13.2 Å². The first kappa shape index (κ1) is 18.4. The lowest BCUT2D eigenvalue weighted by Crippen LogP contribution is -2.13. The zero-order valence-electron chi connectivity index (χ0n) is 11.8.